The summed E-state index contributed by atoms with van der Waals surface area (Å²) in [5, 5.41) is 0. The van der Waals surface area contributed by atoms with E-state index in [9.17, 15) is 4.79 Å². The van der Waals surface area contributed by atoms with E-state index in [4.69, 9.17) is 0 Å². The zero-order valence-electron chi connectivity index (χ0n) is 13.2. The van der Waals surface area contributed by atoms with Crippen molar-refractivity contribution >= 4 is 5.91 Å². The number of piperidine rings is 1. The zero-order valence-corrected chi connectivity index (χ0v) is 13.2. The van der Waals surface area contributed by atoms with Crippen molar-refractivity contribution < 1.29 is 4.79 Å². The minimum atomic E-state index is 0.109. The molecule has 3 nitrogen and oxygen atoms in total. The molecule has 2 heterocycles. The van der Waals surface area contributed by atoms with Crippen LogP contribution in [0.1, 0.15) is 67.4 Å². The first kappa shape index (κ1) is 15.1. The molecule has 0 spiro atoms. The van der Waals surface area contributed by atoms with Gasteiger partial charge in [0.15, 0.2) is 0 Å². The maximum atomic E-state index is 12.3. The van der Waals surface area contributed by atoms with E-state index in [2.05, 4.69) is 16.8 Å². The van der Waals surface area contributed by atoms with E-state index in [1.165, 1.54) is 32.1 Å². The van der Waals surface area contributed by atoms with E-state index < -0.39 is 0 Å². The van der Waals surface area contributed by atoms with Gasteiger partial charge < -0.3 is 4.90 Å². The normalized spacial score (nSPS) is 18.8. The monoisotopic (exact) mass is 296 g/mol. The molecule has 1 aliphatic carbocycles. The van der Waals surface area contributed by atoms with Crippen molar-refractivity contribution in [3.05, 3.63) is 29.6 Å². The Kier molecular flexibility index (Phi) is 5.11. The Morgan fingerprint density at radius 1 is 1.14 bits per heavy atom. The Bertz CT molecular complexity index is 555. The van der Waals surface area contributed by atoms with Crippen LogP contribution in [0.25, 0.3) is 0 Å². The van der Waals surface area contributed by atoms with Crippen LogP contribution in [0.5, 0.6) is 0 Å². The van der Waals surface area contributed by atoms with Crippen LogP contribution in [-0.2, 0) is 0 Å². The third-order valence-corrected chi connectivity index (χ3v) is 4.74. The fourth-order valence-electron chi connectivity index (χ4n) is 3.37. The van der Waals surface area contributed by atoms with E-state index in [-0.39, 0.29) is 5.91 Å². The lowest BCUT2D eigenvalue weighted by atomic mass is 10.0. The molecular formula is C19H24N2O. The standard InChI is InChI=1S/C19H24N2O/c22-19(21-13-4-1-5-14-21)17-11-12-18(20-15-17)10-6-9-16-7-2-3-8-16/h11-12,15-16H,1-5,7-9,13-14H2. The van der Waals surface area contributed by atoms with Crippen molar-refractivity contribution in [1.82, 2.24) is 9.88 Å². The summed E-state index contributed by atoms with van der Waals surface area (Å²) in [6.07, 6.45) is 11.5. The molecule has 0 radical (unpaired) electrons. The number of pyridine rings is 1. The number of amides is 1. The van der Waals surface area contributed by atoms with Crippen molar-refractivity contribution in [2.75, 3.05) is 13.1 Å². The quantitative estimate of drug-likeness (QED) is 0.781. The molecule has 3 rings (SSSR count). The Balaban J connectivity index is 1.57. The average Bonchev–Trinajstić information content (AvgIpc) is 3.09. The number of nitrogens with zero attached hydrogens (tertiary/aromatic N) is 2. The van der Waals surface area contributed by atoms with Gasteiger partial charge in [-0.15, -0.1) is 0 Å². The van der Waals surface area contributed by atoms with Gasteiger partial charge in [-0.05, 0) is 56.1 Å². The molecule has 1 aromatic heterocycles. The lowest BCUT2D eigenvalue weighted by Gasteiger charge is -2.26. The van der Waals surface area contributed by atoms with E-state index in [1.54, 1.807) is 6.20 Å². The highest BCUT2D eigenvalue weighted by molar-refractivity contribution is 5.94. The first-order valence-electron chi connectivity index (χ1n) is 8.57. The highest BCUT2D eigenvalue weighted by atomic mass is 16.2. The van der Waals surface area contributed by atoms with Crippen LogP contribution in [0.3, 0.4) is 0 Å². The second-order valence-electron chi connectivity index (χ2n) is 6.44. The van der Waals surface area contributed by atoms with Gasteiger partial charge >= 0.3 is 0 Å². The third-order valence-electron chi connectivity index (χ3n) is 4.74. The number of carbonyl (C=O) groups excluding carboxylic acids is 1. The topological polar surface area (TPSA) is 33.2 Å². The molecule has 0 aromatic carbocycles. The van der Waals surface area contributed by atoms with Gasteiger partial charge in [-0.3, -0.25) is 4.79 Å². The second kappa shape index (κ2) is 7.45. The van der Waals surface area contributed by atoms with Crippen molar-refractivity contribution in [1.29, 1.82) is 0 Å². The molecule has 0 bridgehead atoms. The minimum absolute atomic E-state index is 0.109. The smallest absolute Gasteiger partial charge is 0.255 e. The maximum absolute atomic E-state index is 12.3. The fourth-order valence-corrected chi connectivity index (χ4v) is 3.37. The zero-order chi connectivity index (χ0) is 15.2. The van der Waals surface area contributed by atoms with Crippen LogP contribution < -0.4 is 0 Å². The summed E-state index contributed by atoms with van der Waals surface area (Å²) in [5.74, 6) is 7.27. The Morgan fingerprint density at radius 2 is 1.91 bits per heavy atom. The summed E-state index contributed by atoms with van der Waals surface area (Å²) >= 11 is 0. The Hall–Kier alpha value is -1.82. The molecule has 1 aliphatic heterocycles. The van der Waals surface area contributed by atoms with Crippen LogP contribution >= 0.6 is 0 Å². The molecule has 1 saturated heterocycles. The largest absolute Gasteiger partial charge is 0.339 e. The van der Waals surface area contributed by atoms with Crippen LogP contribution in [-0.4, -0.2) is 28.9 Å². The predicted molar refractivity (Wildman–Crippen MR) is 87.4 cm³/mol. The molecule has 1 saturated carbocycles. The summed E-state index contributed by atoms with van der Waals surface area (Å²) in [7, 11) is 0. The molecule has 22 heavy (non-hydrogen) atoms. The lowest BCUT2D eigenvalue weighted by molar-refractivity contribution is 0.0724. The van der Waals surface area contributed by atoms with Gasteiger partial charge in [0.1, 0.15) is 5.69 Å². The van der Waals surface area contributed by atoms with Crippen molar-refractivity contribution in [3.8, 4) is 11.8 Å². The van der Waals surface area contributed by atoms with E-state index in [0.717, 1.165) is 44.0 Å². The summed E-state index contributed by atoms with van der Waals surface area (Å²) in [5.41, 5.74) is 1.46. The highest BCUT2D eigenvalue weighted by Gasteiger charge is 2.18. The summed E-state index contributed by atoms with van der Waals surface area (Å²) < 4.78 is 0. The van der Waals surface area contributed by atoms with Gasteiger partial charge in [0.25, 0.3) is 5.91 Å². The van der Waals surface area contributed by atoms with Crippen molar-refractivity contribution in [2.45, 2.75) is 51.4 Å². The second-order valence-corrected chi connectivity index (χ2v) is 6.44. The summed E-state index contributed by atoms with van der Waals surface area (Å²) in [4.78, 5) is 18.6. The first-order valence-corrected chi connectivity index (χ1v) is 8.57. The van der Waals surface area contributed by atoms with Gasteiger partial charge in [-0.25, -0.2) is 4.98 Å². The molecule has 116 valence electrons. The van der Waals surface area contributed by atoms with Crippen LogP contribution in [0.15, 0.2) is 18.3 Å². The van der Waals surface area contributed by atoms with Crippen LogP contribution in [0, 0.1) is 17.8 Å². The highest BCUT2D eigenvalue weighted by Crippen LogP contribution is 2.26. The van der Waals surface area contributed by atoms with Crippen molar-refractivity contribution in [2.24, 2.45) is 5.92 Å². The Labute approximate surface area is 133 Å². The number of likely N-dealkylation sites (tertiary alicyclic amines) is 1. The third kappa shape index (κ3) is 3.88. The van der Waals surface area contributed by atoms with Gasteiger partial charge in [0.2, 0.25) is 0 Å². The molecule has 0 atom stereocenters. The van der Waals surface area contributed by atoms with Gasteiger partial charge in [-0.1, -0.05) is 18.8 Å². The molecule has 0 unspecified atom stereocenters. The molecule has 2 aliphatic rings. The summed E-state index contributed by atoms with van der Waals surface area (Å²) in [6.45, 7) is 1.75. The molecular weight excluding hydrogens is 272 g/mol. The van der Waals surface area contributed by atoms with E-state index in [1.807, 2.05) is 17.0 Å². The number of hydrogen-bond donors (Lipinski definition) is 0. The lowest BCUT2D eigenvalue weighted by Crippen LogP contribution is -2.35. The maximum Gasteiger partial charge on any atom is 0.255 e. The van der Waals surface area contributed by atoms with Gasteiger partial charge in [0.05, 0.1) is 5.56 Å². The molecule has 1 amide bonds. The number of carbonyl (C=O) groups is 1. The van der Waals surface area contributed by atoms with Crippen LogP contribution in [0.4, 0.5) is 0 Å². The molecule has 1 aromatic rings. The fraction of sp³-hybridized carbons (Fsp3) is 0.579. The molecule has 0 N–H and O–H groups in total. The molecule has 3 heteroatoms. The first-order chi connectivity index (χ1) is 10.8. The van der Waals surface area contributed by atoms with Crippen LogP contribution in [0.2, 0.25) is 0 Å². The minimum Gasteiger partial charge on any atom is -0.339 e. The summed E-state index contributed by atoms with van der Waals surface area (Å²) in [6, 6.07) is 3.74. The number of hydrogen-bond acceptors (Lipinski definition) is 2. The predicted octanol–water partition coefficient (Wildman–Crippen LogP) is 3.64. The van der Waals surface area contributed by atoms with Gasteiger partial charge in [0, 0.05) is 25.7 Å². The van der Waals surface area contributed by atoms with Crippen molar-refractivity contribution in [3.63, 3.8) is 0 Å². The SMILES string of the molecule is O=C(c1ccc(C#CCC2CCCC2)nc1)N1CCCCC1. The average molecular weight is 296 g/mol. The Morgan fingerprint density at radius 3 is 2.59 bits per heavy atom. The van der Waals surface area contributed by atoms with E-state index in [0.29, 0.717) is 5.56 Å². The van der Waals surface area contributed by atoms with E-state index >= 15 is 0 Å². The van der Waals surface area contributed by atoms with Gasteiger partial charge in [-0.2, -0.15) is 0 Å². The number of aromatic nitrogens is 1. The number of rotatable bonds is 2. The molecule has 2 fully saturated rings.